The van der Waals surface area contributed by atoms with Crippen LogP contribution in [-0.4, -0.2) is 29.2 Å². The van der Waals surface area contributed by atoms with Crippen molar-refractivity contribution < 1.29 is 14.4 Å². The Morgan fingerprint density at radius 3 is 2.48 bits per heavy atom. The summed E-state index contributed by atoms with van der Waals surface area (Å²) in [6.07, 6.45) is 1.92. The predicted octanol–water partition coefficient (Wildman–Crippen LogP) is 1.79. The summed E-state index contributed by atoms with van der Waals surface area (Å²) in [4.78, 5) is 36.6. The van der Waals surface area contributed by atoms with Gasteiger partial charge in [-0.25, -0.2) is 0 Å². The third-order valence-corrected chi connectivity index (χ3v) is 3.46. The van der Waals surface area contributed by atoms with Gasteiger partial charge >= 0.3 is 0 Å². The van der Waals surface area contributed by atoms with Crippen LogP contribution in [0.1, 0.15) is 25.7 Å². The molecule has 0 aliphatic carbocycles. The van der Waals surface area contributed by atoms with E-state index in [4.69, 9.17) is 17.3 Å². The number of nitrogens with two attached hydrogens (primary N) is 1. The zero-order valence-electron chi connectivity index (χ0n) is 11.4. The molecule has 1 aromatic carbocycles. The molecule has 0 bridgehead atoms. The summed E-state index contributed by atoms with van der Waals surface area (Å²) >= 11 is 5.83. The number of nitrogen functional groups attached to an aromatic ring is 1. The van der Waals surface area contributed by atoms with Crippen LogP contribution in [-0.2, 0) is 14.4 Å². The van der Waals surface area contributed by atoms with Gasteiger partial charge in [0.1, 0.15) is 6.54 Å². The zero-order chi connectivity index (χ0) is 15.4. The first-order chi connectivity index (χ1) is 9.97. The van der Waals surface area contributed by atoms with Crippen molar-refractivity contribution in [1.29, 1.82) is 0 Å². The number of carbonyl (C=O) groups is 3. The molecule has 112 valence electrons. The van der Waals surface area contributed by atoms with E-state index in [0.29, 0.717) is 42.1 Å². The van der Waals surface area contributed by atoms with Gasteiger partial charge in [-0.15, -0.1) is 0 Å². The Hall–Kier alpha value is -2.08. The molecule has 0 unspecified atom stereocenters. The molecule has 2 rings (SSSR count). The van der Waals surface area contributed by atoms with E-state index in [0.717, 1.165) is 4.90 Å². The second-order valence-electron chi connectivity index (χ2n) is 4.86. The minimum absolute atomic E-state index is 0.290. The number of anilines is 2. The third kappa shape index (κ3) is 3.95. The maximum absolute atomic E-state index is 12.0. The number of benzene rings is 1. The molecule has 0 spiro atoms. The van der Waals surface area contributed by atoms with Gasteiger partial charge in [0.25, 0.3) is 0 Å². The van der Waals surface area contributed by atoms with E-state index in [9.17, 15) is 14.4 Å². The summed E-state index contributed by atoms with van der Waals surface area (Å²) in [6.45, 7) is -0.302. The maximum Gasteiger partial charge on any atom is 0.244 e. The molecule has 1 aromatic rings. The molecule has 3 N–H and O–H groups in total. The maximum atomic E-state index is 12.0. The largest absolute Gasteiger partial charge is 0.397 e. The number of imide groups is 1. The van der Waals surface area contributed by atoms with E-state index in [1.165, 1.54) is 6.07 Å². The van der Waals surface area contributed by atoms with Gasteiger partial charge in [-0.2, -0.15) is 0 Å². The smallest absolute Gasteiger partial charge is 0.244 e. The lowest BCUT2D eigenvalue weighted by atomic mass is 10.2. The van der Waals surface area contributed by atoms with Crippen molar-refractivity contribution in [3.8, 4) is 0 Å². The molecule has 6 nitrogen and oxygen atoms in total. The van der Waals surface area contributed by atoms with E-state index in [-0.39, 0.29) is 18.4 Å². The molecule has 7 heteroatoms. The molecule has 1 fully saturated rings. The SMILES string of the molecule is Nc1ccc(Cl)cc1NC(=O)CN1C(=O)CCCCC1=O. The average molecular weight is 310 g/mol. The topological polar surface area (TPSA) is 92.5 Å². The van der Waals surface area contributed by atoms with Gasteiger partial charge in [0.05, 0.1) is 11.4 Å². The Bertz CT molecular complexity index is 571. The van der Waals surface area contributed by atoms with E-state index in [1.807, 2.05) is 0 Å². The highest BCUT2D eigenvalue weighted by atomic mass is 35.5. The van der Waals surface area contributed by atoms with Crippen LogP contribution in [0.5, 0.6) is 0 Å². The lowest BCUT2D eigenvalue weighted by Gasteiger charge is -2.18. The summed E-state index contributed by atoms with van der Waals surface area (Å²) in [5.41, 5.74) is 6.46. The molecule has 1 saturated heterocycles. The van der Waals surface area contributed by atoms with Gasteiger partial charge in [0.15, 0.2) is 0 Å². The zero-order valence-corrected chi connectivity index (χ0v) is 12.2. The number of carbonyl (C=O) groups excluding carboxylic acids is 3. The van der Waals surface area contributed by atoms with Crippen molar-refractivity contribution in [1.82, 2.24) is 4.90 Å². The van der Waals surface area contributed by atoms with Crippen molar-refractivity contribution in [3.63, 3.8) is 0 Å². The van der Waals surface area contributed by atoms with E-state index in [2.05, 4.69) is 5.32 Å². The highest BCUT2D eigenvalue weighted by Gasteiger charge is 2.26. The number of hydrogen-bond acceptors (Lipinski definition) is 4. The molecule has 3 amide bonds. The Labute approximate surface area is 127 Å². The fourth-order valence-electron chi connectivity index (χ4n) is 2.11. The van der Waals surface area contributed by atoms with Crippen LogP contribution in [0, 0.1) is 0 Å². The van der Waals surface area contributed by atoms with Crippen LogP contribution in [0.4, 0.5) is 11.4 Å². The first-order valence-corrected chi connectivity index (χ1v) is 7.03. The fraction of sp³-hybridized carbons (Fsp3) is 0.357. The highest BCUT2D eigenvalue weighted by molar-refractivity contribution is 6.31. The van der Waals surface area contributed by atoms with E-state index in [1.54, 1.807) is 12.1 Å². The quantitative estimate of drug-likeness (QED) is 0.657. The van der Waals surface area contributed by atoms with E-state index < -0.39 is 5.91 Å². The van der Waals surface area contributed by atoms with Crippen LogP contribution in [0.2, 0.25) is 5.02 Å². The number of rotatable bonds is 3. The summed E-state index contributed by atoms with van der Waals surface area (Å²) in [5, 5.41) is 3.00. The van der Waals surface area contributed by atoms with Crippen LogP contribution in [0.15, 0.2) is 18.2 Å². The summed E-state index contributed by atoms with van der Waals surface area (Å²) in [5.74, 6) is -1.11. The Morgan fingerprint density at radius 1 is 1.24 bits per heavy atom. The second kappa shape index (κ2) is 6.58. The molecular formula is C14H16ClN3O3. The summed E-state index contributed by atoms with van der Waals surface area (Å²) in [6, 6.07) is 4.69. The lowest BCUT2D eigenvalue weighted by molar-refractivity contribution is -0.146. The molecule has 0 aromatic heterocycles. The minimum atomic E-state index is -0.479. The normalized spacial score (nSPS) is 15.8. The van der Waals surface area contributed by atoms with Crippen molar-refractivity contribution in [3.05, 3.63) is 23.2 Å². The van der Waals surface area contributed by atoms with Crippen molar-refractivity contribution in [2.24, 2.45) is 0 Å². The minimum Gasteiger partial charge on any atom is -0.397 e. The number of amides is 3. The number of hydrogen-bond donors (Lipinski definition) is 2. The van der Waals surface area contributed by atoms with Crippen LogP contribution < -0.4 is 11.1 Å². The van der Waals surface area contributed by atoms with Gasteiger partial charge in [-0.1, -0.05) is 11.6 Å². The fourth-order valence-corrected chi connectivity index (χ4v) is 2.28. The molecular weight excluding hydrogens is 294 g/mol. The van der Waals surface area contributed by atoms with Crippen LogP contribution in [0.25, 0.3) is 0 Å². The van der Waals surface area contributed by atoms with Gasteiger partial charge in [0.2, 0.25) is 17.7 Å². The molecule has 0 atom stereocenters. The summed E-state index contributed by atoms with van der Waals surface area (Å²) < 4.78 is 0. The molecule has 1 aliphatic rings. The van der Waals surface area contributed by atoms with Gasteiger partial charge in [-0.3, -0.25) is 19.3 Å². The number of halogens is 1. The molecule has 21 heavy (non-hydrogen) atoms. The Morgan fingerprint density at radius 2 is 1.86 bits per heavy atom. The molecule has 0 radical (unpaired) electrons. The molecule has 1 heterocycles. The standard InChI is InChI=1S/C14H16ClN3O3/c15-9-5-6-10(16)11(7-9)17-12(19)8-18-13(20)3-1-2-4-14(18)21/h5-7H,1-4,8,16H2,(H,17,19). The summed E-state index contributed by atoms with van der Waals surface area (Å²) in [7, 11) is 0. The number of nitrogens with one attached hydrogen (secondary N) is 1. The van der Waals surface area contributed by atoms with Gasteiger partial charge < -0.3 is 11.1 Å². The lowest BCUT2D eigenvalue weighted by Crippen LogP contribution is -2.41. The number of likely N-dealkylation sites (tertiary alicyclic amines) is 1. The molecule has 0 saturated carbocycles. The Balaban J connectivity index is 2.05. The number of nitrogens with zero attached hydrogens (tertiary/aromatic N) is 1. The van der Waals surface area contributed by atoms with Crippen LogP contribution >= 0.6 is 11.6 Å². The first kappa shape index (κ1) is 15.3. The monoisotopic (exact) mass is 309 g/mol. The Kier molecular flexibility index (Phi) is 4.80. The van der Waals surface area contributed by atoms with E-state index >= 15 is 0 Å². The van der Waals surface area contributed by atoms with Gasteiger partial charge in [-0.05, 0) is 31.0 Å². The van der Waals surface area contributed by atoms with Crippen LogP contribution in [0.3, 0.4) is 0 Å². The van der Waals surface area contributed by atoms with Crippen molar-refractivity contribution >= 4 is 40.7 Å². The third-order valence-electron chi connectivity index (χ3n) is 3.22. The van der Waals surface area contributed by atoms with Gasteiger partial charge in [0, 0.05) is 17.9 Å². The predicted molar refractivity (Wildman–Crippen MR) is 79.7 cm³/mol. The van der Waals surface area contributed by atoms with Crippen molar-refractivity contribution in [2.45, 2.75) is 25.7 Å². The van der Waals surface area contributed by atoms with Crippen molar-refractivity contribution in [2.75, 3.05) is 17.6 Å². The first-order valence-electron chi connectivity index (χ1n) is 6.65. The second-order valence-corrected chi connectivity index (χ2v) is 5.30. The molecule has 1 aliphatic heterocycles. The highest BCUT2D eigenvalue weighted by Crippen LogP contribution is 2.23. The average Bonchev–Trinajstić information content (AvgIpc) is 2.58.